The zero-order chi connectivity index (χ0) is 20.8. The Labute approximate surface area is 175 Å². The third-order valence-electron chi connectivity index (χ3n) is 4.24. The minimum atomic E-state index is 0.536. The average molecular weight is 416 g/mol. The van der Waals surface area contributed by atoms with Gasteiger partial charge >= 0.3 is 0 Å². The number of aromatic nitrogens is 3. The highest BCUT2D eigenvalue weighted by Crippen LogP contribution is 2.41. The number of thioether (sulfide) groups is 1. The largest absolute Gasteiger partial charge is 0.494 e. The van der Waals surface area contributed by atoms with Crippen molar-refractivity contribution >= 4 is 11.8 Å². The lowest BCUT2D eigenvalue weighted by molar-refractivity contribution is 0.324. The van der Waals surface area contributed by atoms with Crippen LogP contribution in [0.1, 0.15) is 13.8 Å². The predicted octanol–water partition coefficient (Wildman–Crippen LogP) is 4.47. The molecule has 0 saturated carbocycles. The Morgan fingerprint density at radius 2 is 1.55 bits per heavy atom. The molecule has 1 heterocycles. The maximum Gasteiger partial charge on any atom is 0.203 e. The highest BCUT2D eigenvalue weighted by Gasteiger charge is 2.20. The van der Waals surface area contributed by atoms with Crippen molar-refractivity contribution in [3.63, 3.8) is 0 Å². The van der Waals surface area contributed by atoms with Crippen molar-refractivity contribution in [3.05, 3.63) is 36.4 Å². The van der Waals surface area contributed by atoms with Gasteiger partial charge in [-0.15, -0.1) is 10.2 Å². The fourth-order valence-electron chi connectivity index (χ4n) is 2.98. The summed E-state index contributed by atoms with van der Waals surface area (Å²) in [6.07, 6.45) is 0. The molecule has 0 N–H and O–H groups in total. The summed E-state index contributed by atoms with van der Waals surface area (Å²) in [5.41, 5.74) is 1.75. The van der Waals surface area contributed by atoms with Crippen molar-refractivity contribution in [1.29, 1.82) is 0 Å². The summed E-state index contributed by atoms with van der Waals surface area (Å²) in [5.74, 6) is 4.05. The molecular formula is C21H25N3O4S. The second kappa shape index (κ2) is 9.56. The number of methoxy groups -OCH3 is 3. The van der Waals surface area contributed by atoms with Gasteiger partial charge in [0, 0.05) is 11.3 Å². The van der Waals surface area contributed by atoms with Gasteiger partial charge in [0.15, 0.2) is 22.5 Å². The molecule has 154 valence electrons. The second-order valence-corrected chi connectivity index (χ2v) is 7.15. The van der Waals surface area contributed by atoms with Gasteiger partial charge < -0.3 is 18.9 Å². The first-order valence-electron chi connectivity index (χ1n) is 9.28. The highest BCUT2D eigenvalue weighted by molar-refractivity contribution is 7.99. The molecule has 0 bridgehead atoms. The first kappa shape index (κ1) is 20.9. The fraction of sp³-hybridized carbons (Fsp3) is 0.333. The molecular weight excluding hydrogens is 390 g/mol. The first-order chi connectivity index (χ1) is 14.2. The summed E-state index contributed by atoms with van der Waals surface area (Å²) in [4.78, 5) is 0. The van der Waals surface area contributed by atoms with E-state index in [4.69, 9.17) is 18.9 Å². The van der Waals surface area contributed by atoms with E-state index in [1.165, 1.54) is 0 Å². The average Bonchev–Trinajstić information content (AvgIpc) is 3.17. The van der Waals surface area contributed by atoms with Gasteiger partial charge in [0.05, 0.1) is 27.9 Å². The van der Waals surface area contributed by atoms with Crippen LogP contribution < -0.4 is 18.9 Å². The zero-order valence-electron chi connectivity index (χ0n) is 17.3. The summed E-state index contributed by atoms with van der Waals surface area (Å²) >= 11 is 1.63. The molecule has 0 aliphatic heterocycles. The molecule has 0 saturated heterocycles. The van der Waals surface area contributed by atoms with Crippen LogP contribution in [0.4, 0.5) is 0 Å². The van der Waals surface area contributed by atoms with Gasteiger partial charge in [0.2, 0.25) is 5.75 Å². The van der Waals surface area contributed by atoms with Crippen LogP contribution in [0.2, 0.25) is 0 Å². The zero-order valence-corrected chi connectivity index (χ0v) is 18.1. The molecule has 2 aromatic carbocycles. The van der Waals surface area contributed by atoms with Crippen LogP contribution in [-0.4, -0.2) is 48.5 Å². The Morgan fingerprint density at radius 1 is 0.897 bits per heavy atom. The fourth-order valence-corrected chi connectivity index (χ4v) is 3.66. The van der Waals surface area contributed by atoms with Gasteiger partial charge in [0.25, 0.3) is 0 Å². The number of rotatable bonds is 9. The summed E-state index contributed by atoms with van der Waals surface area (Å²) < 4.78 is 24.0. The standard InChI is InChI=1S/C21H25N3O4S/c1-6-28-16-10-8-15(9-11-16)24-20(22-23-21(24)29-7-2)14-12-17(25-3)19(27-5)18(13-14)26-4/h8-13H,6-7H2,1-5H3. The van der Waals surface area contributed by atoms with Gasteiger partial charge in [-0.25, -0.2) is 0 Å². The Kier molecular flexibility index (Phi) is 6.87. The number of ether oxygens (including phenoxy) is 4. The van der Waals surface area contributed by atoms with Crippen LogP contribution in [-0.2, 0) is 0 Å². The minimum Gasteiger partial charge on any atom is -0.494 e. The summed E-state index contributed by atoms with van der Waals surface area (Å²) in [6.45, 7) is 4.67. The van der Waals surface area contributed by atoms with Crippen LogP contribution in [0.25, 0.3) is 17.1 Å². The van der Waals surface area contributed by atoms with E-state index in [2.05, 4.69) is 17.1 Å². The maximum atomic E-state index is 5.56. The molecule has 0 aliphatic rings. The molecule has 0 amide bonds. The molecule has 3 rings (SSSR count). The van der Waals surface area contributed by atoms with E-state index >= 15 is 0 Å². The van der Waals surface area contributed by atoms with Gasteiger partial charge in [-0.1, -0.05) is 18.7 Å². The quantitative estimate of drug-likeness (QED) is 0.478. The monoisotopic (exact) mass is 415 g/mol. The van der Waals surface area contributed by atoms with Crippen molar-refractivity contribution in [2.45, 2.75) is 19.0 Å². The van der Waals surface area contributed by atoms with Gasteiger partial charge in [0.1, 0.15) is 5.75 Å². The van der Waals surface area contributed by atoms with E-state index < -0.39 is 0 Å². The summed E-state index contributed by atoms with van der Waals surface area (Å²) in [5, 5.41) is 9.66. The molecule has 0 aliphatic carbocycles. The maximum absolute atomic E-state index is 5.56. The van der Waals surface area contributed by atoms with Crippen molar-refractivity contribution in [2.24, 2.45) is 0 Å². The molecule has 1 aromatic heterocycles. The number of nitrogens with zero attached hydrogens (tertiary/aromatic N) is 3. The number of hydrogen-bond donors (Lipinski definition) is 0. The Bertz CT molecular complexity index is 932. The first-order valence-corrected chi connectivity index (χ1v) is 10.3. The molecule has 7 nitrogen and oxygen atoms in total. The lowest BCUT2D eigenvalue weighted by Crippen LogP contribution is -2.02. The van der Waals surface area contributed by atoms with Crippen LogP contribution in [0, 0.1) is 0 Å². The third-order valence-corrected chi connectivity index (χ3v) is 5.05. The molecule has 3 aromatic rings. The van der Waals surface area contributed by atoms with Crippen LogP contribution >= 0.6 is 11.8 Å². The van der Waals surface area contributed by atoms with Crippen molar-refractivity contribution in [3.8, 4) is 40.1 Å². The van der Waals surface area contributed by atoms with Crippen molar-refractivity contribution in [2.75, 3.05) is 33.7 Å². The van der Waals surface area contributed by atoms with Crippen LogP contribution in [0.3, 0.4) is 0 Å². The van der Waals surface area contributed by atoms with Crippen LogP contribution in [0.5, 0.6) is 23.0 Å². The molecule has 8 heteroatoms. The van der Waals surface area contributed by atoms with Crippen molar-refractivity contribution in [1.82, 2.24) is 14.8 Å². The Morgan fingerprint density at radius 3 is 2.07 bits per heavy atom. The summed E-state index contributed by atoms with van der Waals surface area (Å²) in [7, 11) is 4.77. The highest BCUT2D eigenvalue weighted by atomic mass is 32.2. The molecule has 0 spiro atoms. The second-order valence-electron chi connectivity index (χ2n) is 5.92. The molecule has 0 unspecified atom stereocenters. The number of benzene rings is 2. The van der Waals surface area contributed by atoms with Gasteiger partial charge in [-0.2, -0.15) is 0 Å². The molecule has 0 atom stereocenters. The number of hydrogen-bond acceptors (Lipinski definition) is 7. The normalized spacial score (nSPS) is 10.7. The lowest BCUT2D eigenvalue weighted by atomic mass is 10.1. The molecule has 29 heavy (non-hydrogen) atoms. The van der Waals surface area contributed by atoms with E-state index in [1.807, 2.05) is 47.9 Å². The minimum absolute atomic E-state index is 0.536. The summed E-state index contributed by atoms with van der Waals surface area (Å²) in [6, 6.07) is 11.6. The predicted molar refractivity (Wildman–Crippen MR) is 114 cm³/mol. The van der Waals surface area contributed by atoms with E-state index in [-0.39, 0.29) is 0 Å². The molecule has 0 fully saturated rings. The van der Waals surface area contributed by atoms with E-state index in [1.54, 1.807) is 33.1 Å². The Hall–Kier alpha value is -2.87. The van der Waals surface area contributed by atoms with Crippen molar-refractivity contribution < 1.29 is 18.9 Å². The molecule has 0 radical (unpaired) electrons. The van der Waals surface area contributed by atoms with Crippen LogP contribution in [0.15, 0.2) is 41.6 Å². The van der Waals surface area contributed by atoms with E-state index in [0.717, 1.165) is 27.9 Å². The van der Waals surface area contributed by atoms with Gasteiger partial charge in [-0.05, 0) is 49.1 Å². The SMILES string of the molecule is CCOc1ccc(-n2c(SCC)nnc2-c2cc(OC)c(OC)c(OC)c2)cc1. The smallest absolute Gasteiger partial charge is 0.203 e. The van der Waals surface area contributed by atoms with E-state index in [9.17, 15) is 0 Å². The lowest BCUT2D eigenvalue weighted by Gasteiger charge is -2.15. The Balaban J connectivity index is 2.16. The van der Waals surface area contributed by atoms with E-state index in [0.29, 0.717) is 29.7 Å². The third kappa shape index (κ3) is 4.27. The topological polar surface area (TPSA) is 67.6 Å². The van der Waals surface area contributed by atoms with Gasteiger partial charge in [-0.3, -0.25) is 4.57 Å².